The van der Waals surface area contributed by atoms with E-state index in [0.29, 0.717) is 35.0 Å². The molecule has 4 N–H and O–H groups in total. The van der Waals surface area contributed by atoms with Gasteiger partial charge in [-0.05, 0) is 60.2 Å². The van der Waals surface area contributed by atoms with Crippen molar-refractivity contribution in [2.24, 2.45) is 5.92 Å². The molecule has 0 radical (unpaired) electrons. The second kappa shape index (κ2) is 9.06. The van der Waals surface area contributed by atoms with E-state index in [1.807, 2.05) is 42.5 Å². The lowest BCUT2D eigenvalue weighted by molar-refractivity contribution is -0.110. The van der Waals surface area contributed by atoms with E-state index in [1.54, 1.807) is 24.3 Å². The summed E-state index contributed by atoms with van der Waals surface area (Å²) in [5, 5.41) is 15.5. The van der Waals surface area contributed by atoms with Crippen LogP contribution in [-0.2, 0) is 21.4 Å². The zero-order valence-corrected chi connectivity index (χ0v) is 19.2. The molecule has 1 heterocycles. The van der Waals surface area contributed by atoms with Gasteiger partial charge in [0.15, 0.2) is 0 Å². The summed E-state index contributed by atoms with van der Waals surface area (Å²) < 4.78 is 28.4. The number of hydrogen-bond acceptors (Lipinski definition) is 5. The molecule has 5 rings (SSSR count). The topological polar surface area (TPSA) is 108 Å². The molecule has 0 unspecified atom stereocenters. The number of benzene rings is 3. The van der Waals surface area contributed by atoms with Gasteiger partial charge in [0, 0.05) is 23.5 Å². The number of rotatable bonds is 8. The fourth-order valence-corrected chi connectivity index (χ4v) is 5.06. The van der Waals surface area contributed by atoms with E-state index in [-0.39, 0.29) is 17.4 Å². The second-order valence-electron chi connectivity index (χ2n) is 8.55. The Morgan fingerprint density at radius 3 is 2.41 bits per heavy atom. The fourth-order valence-electron chi connectivity index (χ4n) is 3.92. The highest BCUT2D eigenvalue weighted by molar-refractivity contribution is 7.89. The summed E-state index contributed by atoms with van der Waals surface area (Å²) in [5.41, 5.74) is 4.31. The molecule has 1 aliphatic heterocycles. The molecule has 174 valence electrons. The molecular formula is C26H25N3O4S. The first-order valence-electron chi connectivity index (χ1n) is 11.2. The Morgan fingerprint density at radius 1 is 1.00 bits per heavy atom. The monoisotopic (exact) mass is 475 g/mol. The van der Waals surface area contributed by atoms with E-state index in [4.69, 9.17) is 0 Å². The van der Waals surface area contributed by atoms with Crippen LogP contribution in [0.15, 0.2) is 77.7 Å². The Balaban J connectivity index is 1.59. The Bertz CT molecular complexity index is 1360. The standard InChI is InChI=1S/C26H25N3O4S/c30-16-18-8-10-20(11-9-18)28-25(19-4-2-1-3-5-19)24-22-14-21(12-13-23(22)29-26(24)31)34(32,33)27-15-17-6-7-17/h1-5,8-14,17,27-28,30H,6-7,15-16H2,(H,29,31)/b25-24-. The van der Waals surface area contributed by atoms with Crippen LogP contribution >= 0.6 is 0 Å². The number of nitrogens with one attached hydrogen (secondary N) is 3. The molecule has 3 aromatic carbocycles. The van der Waals surface area contributed by atoms with Crippen molar-refractivity contribution in [3.8, 4) is 0 Å². The quantitative estimate of drug-likeness (QED) is 0.371. The summed E-state index contributed by atoms with van der Waals surface area (Å²) in [6, 6.07) is 21.4. The highest BCUT2D eigenvalue weighted by Crippen LogP contribution is 2.39. The highest BCUT2D eigenvalue weighted by atomic mass is 32.2. The van der Waals surface area contributed by atoms with Gasteiger partial charge in [0.25, 0.3) is 5.91 Å². The van der Waals surface area contributed by atoms with Crippen LogP contribution in [0.3, 0.4) is 0 Å². The Morgan fingerprint density at radius 2 is 1.74 bits per heavy atom. The summed E-state index contributed by atoms with van der Waals surface area (Å²) in [6.45, 7) is 0.370. The molecule has 7 nitrogen and oxygen atoms in total. The minimum absolute atomic E-state index is 0.0608. The van der Waals surface area contributed by atoms with E-state index in [2.05, 4.69) is 15.4 Å². The number of carbonyl (C=O) groups is 1. The largest absolute Gasteiger partial charge is 0.392 e. The van der Waals surface area contributed by atoms with Crippen molar-refractivity contribution in [3.63, 3.8) is 0 Å². The molecule has 0 spiro atoms. The summed E-state index contributed by atoms with van der Waals surface area (Å²) in [6.07, 6.45) is 2.09. The predicted molar refractivity (Wildman–Crippen MR) is 132 cm³/mol. The molecule has 8 heteroatoms. The van der Waals surface area contributed by atoms with E-state index in [1.165, 1.54) is 6.07 Å². The van der Waals surface area contributed by atoms with Crippen LogP contribution in [0.4, 0.5) is 11.4 Å². The lowest BCUT2D eigenvalue weighted by atomic mass is 10.00. The smallest absolute Gasteiger partial charge is 0.258 e. The normalized spacial score (nSPS) is 16.7. The average molecular weight is 476 g/mol. The first kappa shape index (κ1) is 22.3. The second-order valence-corrected chi connectivity index (χ2v) is 10.3. The van der Waals surface area contributed by atoms with E-state index in [0.717, 1.165) is 29.7 Å². The maximum absolute atomic E-state index is 13.1. The fraction of sp³-hybridized carbons (Fsp3) is 0.192. The third-order valence-electron chi connectivity index (χ3n) is 6.02. The molecule has 2 aliphatic rings. The van der Waals surface area contributed by atoms with Gasteiger partial charge in [-0.2, -0.15) is 0 Å². The molecule has 1 saturated carbocycles. The molecule has 3 aromatic rings. The van der Waals surface area contributed by atoms with Crippen LogP contribution in [0.1, 0.15) is 29.5 Å². The van der Waals surface area contributed by atoms with Crippen molar-refractivity contribution in [2.45, 2.75) is 24.3 Å². The van der Waals surface area contributed by atoms with Gasteiger partial charge < -0.3 is 15.7 Å². The van der Waals surface area contributed by atoms with Crippen molar-refractivity contribution < 1.29 is 18.3 Å². The molecule has 1 amide bonds. The van der Waals surface area contributed by atoms with Crippen LogP contribution in [-0.4, -0.2) is 26.0 Å². The van der Waals surface area contributed by atoms with Crippen molar-refractivity contribution in [1.82, 2.24) is 4.72 Å². The van der Waals surface area contributed by atoms with Gasteiger partial charge in [-0.3, -0.25) is 4.79 Å². The van der Waals surface area contributed by atoms with Crippen molar-refractivity contribution in [3.05, 3.63) is 89.5 Å². The lowest BCUT2D eigenvalue weighted by Crippen LogP contribution is -2.25. The first-order chi connectivity index (χ1) is 16.4. The molecule has 1 aliphatic carbocycles. The molecular weight excluding hydrogens is 450 g/mol. The van der Waals surface area contributed by atoms with E-state index >= 15 is 0 Å². The van der Waals surface area contributed by atoms with E-state index < -0.39 is 10.0 Å². The van der Waals surface area contributed by atoms with Gasteiger partial charge in [-0.25, -0.2) is 13.1 Å². The van der Waals surface area contributed by atoms with Crippen LogP contribution in [0.2, 0.25) is 0 Å². The summed E-state index contributed by atoms with van der Waals surface area (Å²) in [4.78, 5) is 13.2. The van der Waals surface area contributed by atoms with E-state index in [9.17, 15) is 18.3 Å². The number of carbonyl (C=O) groups excluding carboxylic acids is 1. The van der Waals surface area contributed by atoms with Gasteiger partial charge in [-0.1, -0.05) is 42.5 Å². The van der Waals surface area contributed by atoms with Crippen LogP contribution in [0, 0.1) is 5.92 Å². The van der Waals surface area contributed by atoms with Crippen LogP contribution in [0.5, 0.6) is 0 Å². The van der Waals surface area contributed by atoms with Crippen LogP contribution in [0.25, 0.3) is 11.3 Å². The third-order valence-corrected chi connectivity index (χ3v) is 7.44. The molecule has 0 atom stereocenters. The number of hydrogen-bond donors (Lipinski definition) is 4. The molecule has 0 bridgehead atoms. The SMILES string of the molecule is O=C1Nc2ccc(S(=O)(=O)NCC3CC3)cc2/C1=C(/Nc1ccc(CO)cc1)c1ccccc1. The summed E-state index contributed by atoms with van der Waals surface area (Å²) in [5.74, 6) is 0.0998. The van der Waals surface area contributed by atoms with Crippen molar-refractivity contribution in [2.75, 3.05) is 17.2 Å². The maximum Gasteiger partial charge on any atom is 0.258 e. The average Bonchev–Trinajstić information content (AvgIpc) is 3.63. The maximum atomic E-state index is 13.1. The zero-order chi connectivity index (χ0) is 23.7. The molecule has 1 fully saturated rings. The molecule has 34 heavy (non-hydrogen) atoms. The van der Waals surface area contributed by atoms with Crippen molar-refractivity contribution >= 4 is 38.6 Å². The van der Waals surface area contributed by atoms with Crippen LogP contribution < -0.4 is 15.4 Å². The number of sulfonamides is 1. The van der Waals surface area contributed by atoms with Gasteiger partial charge in [0.2, 0.25) is 10.0 Å². The number of amides is 1. The number of aliphatic hydroxyl groups is 1. The molecule has 0 saturated heterocycles. The van der Waals surface area contributed by atoms with Gasteiger partial charge in [0.1, 0.15) is 0 Å². The summed E-state index contributed by atoms with van der Waals surface area (Å²) in [7, 11) is -3.69. The minimum atomic E-state index is -3.69. The Hall–Kier alpha value is -3.46. The zero-order valence-electron chi connectivity index (χ0n) is 18.4. The summed E-state index contributed by atoms with van der Waals surface area (Å²) >= 11 is 0. The van der Waals surface area contributed by atoms with Gasteiger partial charge >= 0.3 is 0 Å². The third kappa shape index (κ3) is 4.61. The number of fused-ring (bicyclic) bond motifs is 1. The number of anilines is 2. The van der Waals surface area contributed by atoms with Crippen molar-refractivity contribution in [1.29, 1.82) is 0 Å². The van der Waals surface area contributed by atoms with Gasteiger partial charge in [0.05, 0.1) is 22.8 Å². The first-order valence-corrected chi connectivity index (χ1v) is 12.6. The predicted octanol–water partition coefficient (Wildman–Crippen LogP) is 3.80. The minimum Gasteiger partial charge on any atom is -0.392 e. The lowest BCUT2D eigenvalue weighted by Gasteiger charge is -2.15. The Labute approximate surface area is 198 Å². The molecule has 0 aromatic heterocycles. The number of aliphatic hydroxyl groups excluding tert-OH is 1. The highest BCUT2D eigenvalue weighted by Gasteiger charge is 2.31. The Kier molecular flexibility index (Phi) is 5.95. The van der Waals surface area contributed by atoms with Gasteiger partial charge in [-0.15, -0.1) is 0 Å².